The van der Waals surface area contributed by atoms with E-state index in [9.17, 15) is 0 Å². The Kier molecular flexibility index (Phi) is 4.70. The van der Waals surface area contributed by atoms with E-state index < -0.39 is 0 Å². The Labute approximate surface area is 168 Å². The smallest absolute Gasteiger partial charge is 0.174 e. The maximum absolute atomic E-state index is 5.04. The number of aromatic nitrogens is 4. The number of nitrogens with zero attached hydrogens (tertiary/aromatic N) is 5. The average Bonchev–Trinajstić information content (AvgIpc) is 3.33. The molecule has 0 bridgehead atoms. The van der Waals surface area contributed by atoms with Crippen molar-refractivity contribution in [2.75, 3.05) is 13.1 Å². The van der Waals surface area contributed by atoms with Crippen LogP contribution in [-0.4, -0.2) is 37.5 Å². The van der Waals surface area contributed by atoms with Crippen molar-refractivity contribution in [3.8, 4) is 0 Å². The minimum Gasteiger partial charge on any atom is -0.329 e. The number of fused-ring (bicyclic) bond motifs is 3. The van der Waals surface area contributed by atoms with E-state index in [0.29, 0.717) is 0 Å². The number of rotatable bonds is 4. The Bertz CT molecular complexity index is 968. The summed E-state index contributed by atoms with van der Waals surface area (Å²) in [5, 5.41) is 3.37. The largest absolute Gasteiger partial charge is 0.329 e. The molecule has 0 aromatic carbocycles. The fourth-order valence-corrected chi connectivity index (χ4v) is 6.41. The Morgan fingerprint density at radius 3 is 2.85 bits per heavy atom. The van der Waals surface area contributed by atoms with E-state index in [1.807, 2.05) is 30.8 Å². The minimum absolute atomic E-state index is 0.847. The first-order valence-electron chi connectivity index (χ1n) is 9.86. The van der Waals surface area contributed by atoms with Gasteiger partial charge in [-0.25, -0.2) is 15.0 Å². The van der Waals surface area contributed by atoms with Gasteiger partial charge in [0.2, 0.25) is 0 Å². The molecule has 5 rings (SSSR count). The molecule has 142 valence electrons. The van der Waals surface area contributed by atoms with Crippen molar-refractivity contribution >= 4 is 33.3 Å². The van der Waals surface area contributed by atoms with E-state index in [2.05, 4.69) is 21.4 Å². The van der Waals surface area contributed by atoms with E-state index >= 15 is 0 Å². The van der Waals surface area contributed by atoms with Crippen LogP contribution in [0.3, 0.4) is 0 Å². The van der Waals surface area contributed by atoms with Gasteiger partial charge in [0.25, 0.3) is 0 Å². The summed E-state index contributed by atoms with van der Waals surface area (Å²) in [4.78, 5) is 19.7. The Morgan fingerprint density at radius 2 is 2.07 bits per heavy atom. The molecule has 0 amide bonds. The molecule has 0 radical (unpaired) electrons. The maximum atomic E-state index is 5.04. The molecule has 0 saturated carbocycles. The molecular formula is C20H25N5S2. The summed E-state index contributed by atoms with van der Waals surface area (Å²) in [6.07, 6.45) is 10.0. The molecule has 0 spiro atoms. The normalized spacial score (nSPS) is 18.4. The van der Waals surface area contributed by atoms with Crippen LogP contribution in [-0.2, 0) is 26.4 Å². The third-order valence-corrected chi connectivity index (χ3v) is 8.03. The van der Waals surface area contributed by atoms with Crippen LogP contribution in [0.25, 0.3) is 10.2 Å². The van der Waals surface area contributed by atoms with Crippen LogP contribution in [0.4, 0.5) is 0 Å². The third kappa shape index (κ3) is 3.41. The summed E-state index contributed by atoms with van der Waals surface area (Å²) in [5.41, 5.74) is 1.49. The van der Waals surface area contributed by atoms with Gasteiger partial charge in [0.15, 0.2) is 5.16 Å². The SMILES string of the molecule is CC1CCN(Cc2nc(Sc3nccn3C)c3c4c(sc3n2)CCC4)CC1. The summed E-state index contributed by atoms with van der Waals surface area (Å²) in [7, 11) is 2.04. The Balaban J connectivity index is 1.52. The van der Waals surface area contributed by atoms with Crippen molar-refractivity contribution in [3.05, 3.63) is 28.7 Å². The van der Waals surface area contributed by atoms with Crippen LogP contribution in [0.1, 0.15) is 42.5 Å². The minimum atomic E-state index is 0.847. The van der Waals surface area contributed by atoms with Gasteiger partial charge in [0, 0.05) is 29.7 Å². The van der Waals surface area contributed by atoms with Gasteiger partial charge in [0.1, 0.15) is 15.7 Å². The van der Waals surface area contributed by atoms with Gasteiger partial charge >= 0.3 is 0 Å². The summed E-state index contributed by atoms with van der Waals surface area (Å²) >= 11 is 3.57. The van der Waals surface area contributed by atoms with E-state index in [4.69, 9.17) is 9.97 Å². The molecule has 0 atom stereocenters. The van der Waals surface area contributed by atoms with Crippen LogP contribution in [0.2, 0.25) is 0 Å². The average molecular weight is 400 g/mol. The lowest BCUT2D eigenvalue weighted by atomic mass is 9.99. The predicted molar refractivity (Wildman–Crippen MR) is 110 cm³/mol. The molecule has 1 fully saturated rings. The first-order valence-corrected chi connectivity index (χ1v) is 11.5. The zero-order valence-corrected chi connectivity index (χ0v) is 17.6. The lowest BCUT2D eigenvalue weighted by Crippen LogP contribution is -2.33. The van der Waals surface area contributed by atoms with Crippen LogP contribution < -0.4 is 0 Å². The number of aryl methyl sites for hydroxylation is 3. The van der Waals surface area contributed by atoms with E-state index in [-0.39, 0.29) is 0 Å². The van der Waals surface area contributed by atoms with Crippen LogP contribution >= 0.6 is 23.1 Å². The quantitative estimate of drug-likeness (QED) is 0.612. The summed E-state index contributed by atoms with van der Waals surface area (Å²) < 4.78 is 2.07. The highest BCUT2D eigenvalue weighted by Crippen LogP contribution is 2.42. The molecule has 5 nitrogen and oxygen atoms in total. The van der Waals surface area contributed by atoms with Crippen molar-refractivity contribution < 1.29 is 0 Å². The summed E-state index contributed by atoms with van der Waals surface area (Å²) in [5.74, 6) is 1.81. The van der Waals surface area contributed by atoms with Gasteiger partial charge in [-0.2, -0.15) is 0 Å². The highest BCUT2D eigenvalue weighted by Gasteiger charge is 2.24. The number of likely N-dealkylation sites (tertiary alicyclic amines) is 1. The predicted octanol–water partition coefficient (Wildman–Crippen LogP) is 4.30. The fraction of sp³-hybridized carbons (Fsp3) is 0.550. The topological polar surface area (TPSA) is 46.8 Å². The molecular weight excluding hydrogens is 374 g/mol. The molecule has 3 aromatic rings. The first-order chi connectivity index (χ1) is 13.2. The molecule has 27 heavy (non-hydrogen) atoms. The van der Waals surface area contributed by atoms with Crippen molar-refractivity contribution in [2.24, 2.45) is 13.0 Å². The zero-order valence-electron chi connectivity index (χ0n) is 15.9. The Hall–Kier alpha value is -1.44. The number of piperidine rings is 1. The van der Waals surface area contributed by atoms with Crippen molar-refractivity contribution in [1.82, 2.24) is 24.4 Å². The van der Waals surface area contributed by atoms with Gasteiger partial charge in [-0.1, -0.05) is 6.92 Å². The molecule has 0 N–H and O–H groups in total. The van der Waals surface area contributed by atoms with Crippen LogP contribution in [0.5, 0.6) is 0 Å². The standard InChI is InChI=1S/C20H25N5S2/c1-13-6-9-25(10-7-13)12-16-22-18-17(14-4-3-5-15(14)26-18)19(23-16)27-20-21-8-11-24(20)2/h8,11,13H,3-7,9-10,12H2,1-2H3. The number of imidazole rings is 1. The van der Waals surface area contributed by atoms with Gasteiger partial charge in [-0.05, 0) is 68.4 Å². The molecule has 2 aliphatic rings. The third-order valence-electron chi connectivity index (χ3n) is 5.78. The summed E-state index contributed by atoms with van der Waals surface area (Å²) in [6.45, 7) is 5.53. The molecule has 1 aliphatic heterocycles. The van der Waals surface area contributed by atoms with Crippen molar-refractivity contribution in [3.63, 3.8) is 0 Å². The summed E-state index contributed by atoms with van der Waals surface area (Å²) in [6, 6.07) is 0. The molecule has 1 aliphatic carbocycles. The molecule has 7 heteroatoms. The van der Waals surface area contributed by atoms with Gasteiger partial charge in [-0.3, -0.25) is 4.90 Å². The van der Waals surface area contributed by atoms with Crippen molar-refractivity contribution in [1.29, 1.82) is 0 Å². The number of hydrogen-bond donors (Lipinski definition) is 0. The first kappa shape index (κ1) is 17.6. The van der Waals surface area contributed by atoms with E-state index in [1.165, 1.54) is 46.3 Å². The maximum Gasteiger partial charge on any atom is 0.174 e. The molecule has 0 unspecified atom stereocenters. The second kappa shape index (κ2) is 7.18. The number of thiophene rings is 1. The zero-order chi connectivity index (χ0) is 18.4. The lowest BCUT2D eigenvalue weighted by Gasteiger charge is -2.29. The second-order valence-corrected chi connectivity index (χ2v) is 9.90. The molecule has 4 heterocycles. The molecule has 3 aromatic heterocycles. The van der Waals surface area contributed by atoms with Crippen LogP contribution in [0.15, 0.2) is 22.6 Å². The highest BCUT2D eigenvalue weighted by molar-refractivity contribution is 7.99. The number of hydrogen-bond acceptors (Lipinski definition) is 6. The van der Waals surface area contributed by atoms with E-state index in [0.717, 1.165) is 48.0 Å². The van der Waals surface area contributed by atoms with E-state index in [1.54, 1.807) is 11.8 Å². The second-order valence-electron chi connectivity index (χ2n) is 7.86. The van der Waals surface area contributed by atoms with Crippen molar-refractivity contribution in [2.45, 2.75) is 55.8 Å². The Morgan fingerprint density at radius 1 is 1.22 bits per heavy atom. The lowest BCUT2D eigenvalue weighted by molar-refractivity contribution is 0.181. The monoisotopic (exact) mass is 399 g/mol. The fourth-order valence-electron chi connectivity index (χ4n) is 4.11. The van der Waals surface area contributed by atoms with Gasteiger partial charge in [0.05, 0.1) is 6.54 Å². The van der Waals surface area contributed by atoms with Gasteiger partial charge in [-0.15, -0.1) is 11.3 Å². The molecule has 1 saturated heterocycles. The van der Waals surface area contributed by atoms with Gasteiger partial charge < -0.3 is 4.57 Å². The highest BCUT2D eigenvalue weighted by atomic mass is 32.2. The van der Waals surface area contributed by atoms with Crippen LogP contribution in [0, 0.1) is 5.92 Å².